The lowest BCUT2D eigenvalue weighted by Gasteiger charge is -1.98. The summed E-state index contributed by atoms with van der Waals surface area (Å²) in [6.45, 7) is 0. The first kappa shape index (κ1) is 7.55. The molecule has 0 amide bonds. The summed E-state index contributed by atoms with van der Waals surface area (Å²) in [6, 6.07) is 10.5. The molecule has 0 radical (unpaired) electrons. The van der Waals surface area contributed by atoms with Crippen molar-refractivity contribution >= 4 is 16.4 Å². The Labute approximate surface area is 64.8 Å². The van der Waals surface area contributed by atoms with E-state index in [9.17, 15) is 0 Å². The van der Waals surface area contributed by atoms with E-state index in [0.717, 1.165) is 5.75 Å². The van der Waals surface area contributed by atoms with E-state index < -0.39 is 0 Å². The molecule has 0 aliphatic heterocycles. The van der Waals surface area contributed by atoms with Crippen LogP contribution in [0.2, 0.25) is 0 Å². The summed E-state index contributed by atoms with van der Waals surface area (Å²) in [6.07, 6.45) is 2.16. The van der Waals surface area contributed by atoms with Crippen molar-refractivity contribution in [2.24, 2.45) is 0 Å². The number of rotatable bonds is 2. The Morgan fingerprint density at radius 1 is 1.30 bits per heavy atom. The summed E-state index contributed by atoms with van der Waals surface area (Å²) in [4.78, 5) is 0. The Bertz CT molecular complexity index is 213. The van der Waals surface area contributed by atoms with Crippen LogP contribution in [0.5, 0.6) is 0 Å². The fraction of sp³-hybridized carbons (Fsp3) is 0.222. The number of benzene rings is 1. The van der Waals surface area contributed by atoms with Crippen molar-refractivity contribution in [3.8, 4) is 0 Å². The van der Waals surface area contributed by atoms with Gasteiger partial charge in [-0.15, -0.1) is 0 Å². The van der Waals surface area contributed by atoms with E-state index in [-0.39, 0.29) is 10.5 Å². The molecule has 0 heterocycles. The van der Waals surface area contributed by atoms with Gasteiger partial charge < -0.3 is 0 Å². The molecule has 0 fully saturated rings. The molecule has 10 heavy (non-hydrogen) atoms. The van der Waals surface area contributed by atoms with Crippen LogP contribution < -0.4 is 0 Å². The van der Waals surface area contributed by atoms with Crippen LogP contribution >= 0.6 is 10.5 Å². The Hall–Kier alpha value is -0.560. The molecular weight excluding hydrogens is 140 g/mol. The third kappa shape index (κ3) is 2.36. The van der Waals surface area contributed by atoms with Crippen LogP contribution in [0.15, 0.2) is 30.3 Å². The molecule has 0 aromatic heterocycles. The lowest BCUT2D eigenvalue weighted by atomic mass is 10.2. The first-order valence-corrected chi connectivity index (χ1v) is 5.22. The van der Waals surface area contributed by atoms with Crippen LogP contribution in [-0.4, -0.2) is 12.1 Å². The SMILES string of the molecule is C=S(C)Cc1ccccc1. The van der Waals surface area contributed by atoms with Gasteiger partial charge in [-0.1, -0.05) is 36.2 Å². The summed E-state index contributed by atoms with van der Waals surface area (Å²) < 4.78 is 0. The van der Waals surface area contributed by atoms with Crippen molar-refractivity contribution in [2.45, 2.75) is 5.75 Å². The predicted molar refractivity (Wildman–Crippen MR) is 50.8 cm³/mol. The van der Waals surface area contributed by atoms with E-state index in [0.29, 0.717) is 0 Å². The lowest BCUT2D eigenvalue weighted by molar-refractivity contribution is 1.42. The Morgan fingerprint density at radius 3 is 2.40 bits per heavy atom. The van der Waals surface area contributed by atoms with E-state index in [1.54, 1.807) is 0 Å². The minimum Gasteiger partial charge on any atom is -0.192 e. The predicted octanol–water partition coefficient (Wildman–Crippen LogP) is 2.52. The van der Waals surface area contributed by atoms with Gasteiger partial charge in [0.05, 0.1) is 0 Å². The molecule has 1 atom stereocenters. The van der Waals surface area contributed by atoms with Crippen molar-refractivity contribution < 1.29 is 0 Å². The molecule has 54 valence electrons. The van der Waals surface area contributed by atoms with Gasteiger partial charge in [-0.3, -0.25) is 0 Å². The first-order chi connectivity index (χ1) is 4.79. The standard InChI is InChI=1S/C9H12S/c1-10(2)8-9-6-4-3-5-7-9/h3-7H,1,8H2,2H3. The van der Waals surface area contributed by atoms with E-state index in [1.165, 1.54) is 5.56 Å². The zero-order chi connectivity index (χ0) is 7.40. The minimum atomic E-state index is 0.283. The van der Waals surface area contributed by atoms with Crippen molar-refractivity contribution in [2.75, 3.05) is 6.26 Å². The molecule has 0 saturated heterocycles. The molecule has 0 saturated carbocycles. The van der Waals surface area contributed by atoms with Crippen LogP contribution in [-0.2, 0) is 5.75 Å². The van der Waals surface area contributed by atoms with Crippen molar-refractivity contribution in [3.05, 3.63) is 35.9 Å². The van der Waals surface area contributed by atoms with E-state index in [2.05, 4.69) is 36.4 Å². The molecule has 1 rings (SSSR count). The molecule has 0 aliphatic carbocycles. The largest absolute Gasteiger partial charge is 0.192 e. The fourth-order valence-corrected chi connectivity index (χ4v) is 1.62. The maximum atomic E-state index is 3.96. The zero-order valence-corrected chi connectivity index (χ0v) is 7.03. The van der Waals surface area contributed by atoms with Crippen molar-refractivity contribution in [1.29, 1.82) is 0 Å². The number of hydrogen-bond acceptors (Lipinski definition) is 0. The summed E-state index contributed by atoms with van der Waals surface area (Å²) in [5.41, 5.74) is 1.39. The quantitative estimate of drug-likeness (QED) is 0.571. The second kappa shape index (κ2) is 3.57. The summed E-state index contributed by atoms with van der Waals surface area (Å²) in [5.74, 6) is 5.07. The molecular formula is C9H12S. The van der Waals surface area contributed by atoms with Crippen molar-refractivity contribution in [3.63, 3.8) is 0 Å². The molecule has 1 heteroatoms. The Balaban J connectivity index is 2.67. The van der Waals surface area contributed by atoms with E-state index in [1.807, 2.05) is 6.07 Å². The molecule has 0 N–H and O–H groups in total. The van der Waals surface area contributed by atoms with E-state index in [4.69, 9.17) is 0 Å². The van der Waals surface area contributed by atoms with Crippen LogP contribution in [0, 0.1) is 0 Å². The Kier molecular flexibility index (Phi) is 2.69. The molecule has 0 bridgehead atoms. The second-order valence-corrected chi connectivity index (χ2v) is 4.26. The van der Waals surface area contributed by atoms with E-state index >= 15 is 0 Å². The van der Waals surface area contributed by atoms with Crippen LogP contribution in [0.3, 0.4) is 0 Å². The third-order valence-corrected chi connectivity index (χ3v) is 2.08. The molecule has 1 aromatic rings. The summed E-state index contributed by atoms with van der Waals surface area (Å²) in [5, 5.41) is 0. The highest BCUT2D eigenvalue weighted by atomic mass is 32.2. The third-order valence-electron chi connectivity index (χ3n) is 1.26. The first-order valence-electron chi connectivity index (χ1n) is 3.25. The monoisotopic (exact) mass is 152 g/mol. The smallest absolute Gasteiger partial charge is 0.0126 e. The average molecular weight is 152 g/mol. The van der Waals surface area contributed by atoms with Gasteiger partial charge in [-0.2, -0.15) is 10.5 Å². The van der Waals surface area contributed by atoms with Gasteiger partial charge in [-0.25, -0.2) is 0 Å². The highest BCUT2D eigenvalue weighted by Gasteiger charge is 1.87. The molecule has 0 spiro atoms. The maximum absolute atomic E-state index is 3.96. The molecule has 0 aliphatic rings. The van der Waals surface area contributed by atoms with Gasteiger partial charge in [0, 0.05) is 5.75 Å². The molecule has 1 unspecified atom stereocenters. The normalized spacial score (nSPS) is 12.9. The van der Waals surface area contributed by atoms with Gasteiger partial charge in [0.2, 0.25) is 0 Å². The highest BCUT2D eigenvalue weighted by molar-refractivity contribution is 8.12. The van der Waals surface area contributed by atoms with Crippen LogP contribution in [0.25, 0.3) is 0 Å². The van der Waals surface area contributed by atoms with Gasteiger partial charge in [0.15, 0.2) is 0 Å². The Morgan fingerprint density at radius 2 is 1.90 bits per heavy atom. The van der Waals surface area contributed by atoms with Gasteiger partial charge in [-0.05, 0) is 11.8 Å². The topological polar surface area (TPSA) is 0 Å². The molecule has 1 aromatic carbocycles. The number of hydrogen-bond donors (Lipinski definition) is 0. The van der Waals surface area contributed by atoms with Crippen molar-refractivity contribution in [1.82, 2.24) is 0 Å². The summed E-state index contributed by atoms with van der Waals surface area (Å²) in [7, 11) is 0.283. The minimum absolute atomic E-state index is 0.283. The van der Waals surface area contributed by atoms with Crippen LogP contribution in [0.1, 0.15) is 5.56 Å². The van der Waals surface area contributed by atoms with Crippen LogP contribution in [0.4, 0.5) is 0 Å². The second-order valence-electron chi connectivity index (χ2n) is 2.41. The summed E-state index contributed by atoms with van der Waals surface area (Å²) >= 11 is 0. The van der Waals surface area contributed by atoms with Gasteiger partial charge >= 0.3 is 0 Å². The average Bonchev–Trinajstić information content (AvgIpc) is 1.88. The fourth-order valence-electron chi connectivity index (χ4n) is 0.859. The lowest BCUT2D eigenvalue weighted by Crippen LogP contribution is -1.78. The maximum Gasteiger partial charge on any atom is 0.0126 e. The molecule has 0 nitrogen and oxygen atoms in total. The highest BCUT2D eigenvalue weighted by Crippen LogP contribution is 2.12. The van der Waals surface area contributed by atoms with Gasteiger partial charge in [0.1, 0.15) is 0 Å². The zero-order valence-electron chi connectivity index (χ0n) is 6.21. The van der Waals surface area contributed by atoms with Gasteiger partial charge in [0.25, 0.3) is 0 Å².